The van der Waals surface area contributed by atoms with Crippen LogP contribution in [-0.4, -0.2) is 26.3 Å². The molecule has 0 aliphatic carbocycles. The van der Waals surface area contributed by atoms with Gasteiger partial charge in [0.1, 0.15) is 16.6 Å². The summed E-state index contributed by atoms with van der Waals surface area (Å²) >= 11 is 6.01. The number of rotatable bonds is 3. The first-order valence-electron chi connectivity index (χ1n) is 8.94. The molecule has 3 aromatic rings. The highest BCUT2D eigenvalue weighted by molar-refractivity contribution is 6.32. The van der Waals surface area contributed by atoms with Gasteiger partial charge >= 0.3 is 12.4 Å². The van der Waals surface area contributed by atoms with E-state index in [1.54, 1.807) is 4.90 Å². The monoisotopic (exact) mass is 479 g/mol. The Morgan fingerprint density at radius 3 is 2.50 bits per heavy atom. The Morgan fingerprint density at radius 2 is 1.81 bits per heavy atom. The second-order valence-electron chi connectivity index (χ2n) is 6.79. The first kappa shape index (κ1) is 22.0. The number of ether oxygens (including phenoxy) is 1. The lowest BCUT2D eigenvalue weighted by molar-refractivity contribution is -0.143. The van der Waals surface area contributed by atoms with Gasteiger partial charge in [0.25, 0.3) is 5.56 Å². The molecule has 1 aliphatic heterocycles. The number of alkyl halides is 6. The highest BCUT2D eigenvalue weighted by Gasteiger charge is 2.39. The van der Waals surface area contributed by atoms with Gasteiger partial charge in [-0.3, -0.25) is 9.36 Å². The lowest BCUT2D eigenvalue weighted by Crippen LogP contribution is -2.35. The topological polar surface area (TPSA) is 76.0 Å². The Bertz CT molecular complexity index is 1220. The molecule has 0 saturated heterocycles. The molecule has 1 N–H and O–H groups in total. The third-order valence-electron chi connectivity index (χ3n) is 4.77. The number of anilines is 1. The van der Waals surface area contributed by atoms with Gasteiger partial charge in [-0.15, -0.1) is 0 Å². The predicted molar refractivity (Wildman–Crippen MR) is 99.7 cm³/mol. The molecule has 32 heavy (non-hydrogen) atoms. The molecule has 0 spiro atoms. The van der Waals surface area contributed by atoms with Crippen molar-refractivity contribution < 1.29 is 31.1 Å². The number of aromatic nitrogens is 4. The second kappa shape index (κ2) is 7.73. The maximum Gasteiger partial charge on any atom is 0.420 e. The lowest BCUT2D eigenvalue weighted by atomic mass is 10.1. The van der Waals surface area contributed by atoms with Gasteiger partial charge in [-0.2, -0.15) is 31.4 Å². The fraction of sp³-hybridized carbons (Fsp3) is 0.278. The van der Waals surface area contributed by atoms with E-state index in [0.29, 0.717) is 30.2 Å². The number of halogens is 7. The minimum Gasteiger partial charge on any atom is -0.438 e. The summed E-state index contributed by atoms with van der Waals surface area (Å²) in [5, 5.41) is 5.81. The van der Waals surface area contributed by atoms with Crippen molar-refractivity contribution in [3.63, 3.8) is 0 Å². The van der Waals surface area contributed by atoms with Crippen LogP contribution in [0, 0.1) is 0 Å². The first-order chi connectivity index (χ1) is 14.9. The molecule has 170 valence electrons. The van der Waals surface area contributed by atoms with E-state index in [9.17, 15) is 31.1 Å². The molecule has 0 radical (unpaired) electrons. The second-order valence-corrected chi connectivity index (χ2v) is 7.17. The lowest BCUT2D eigenvalue weighted by Gasteiger charge is -2.30. The smallest absolute Gasteiger partial charge is 0.420 e. The molecule has 14 heteroatoms. The maximum atomic E-state index is 13.4. The molecular weight excluding hydrogens is 468 g/mol. The number of imidazole rings is 1. The molecular formula is C18H12ClF6N5O2. The molecule has 3 heterocycles. The van der Waals surface area contributed by atoms with Crippen molar-refractivity contribution in [2.24, 2.45) is 0 Å². The van der Waals surface area contributed by atoms with Crippen LogP contribution >= 0.6 is 11.6 Å². The fourth-order valence-corrected chi connectivity index (χ4v) is 3.45. The molecule has 0 atom stereocenters. The standard InChI is InChI=1S/C18H12ClF6N5O2/c19-15-11(6-27-28-16(15)31)29-3-4-30-13(8-29)26-7-14(30)32-12-2-1-9(17(20,21)22)5-10(12)18(23,24)25/h1-2,5-7H,3-4,8H2,(H,28,31). The number of benzene rings is 1. The number of hydrogen-bond acceptors (Lipinski definition) is 5. The number of nitrogens with zero attached hydrogens (tertiary/aromatic N) is 4. The van der Waals surface area contributed by atoms with Gasteiger partial charge in [-0.05, 0) is 18.2 Å². The van der Waals surface area contributed by atoms with Crippen molar-refractivity contribution in [3.8, 4) is 11.6 Å². The van der Waals surface area contributed by atoms with E-state index in [0.717, 1.165) is 0 Å². The summed E-state index contributed by atoms with van der Waals surface area (Å²) in [5.41, 5.74) is -3.22. The summed E-state index contributed by atoms with van der Waals surface area (Å²) in [4.78, 5) is 17.5. The molecule has 0 unspecified atom stereocenters. The third kappa shape index (κ3) is 4.11. The van der Waals surface area contributed by atoms with Crippen LogP contribution in [0.15, 0.2) is 35.4 Å². The average molecular weight is 480 g/mol. The zero-order valence-corrected chi connectivity index (χ0v) is 16.5. The van der Waals surface area contributed by atoms with Gasteiger partial charge in [-0.1, -0.05) is 11.6 Å². The number of fused-ring (bicyclic) bond motifs is 1. The molecule has 0 fully saturated rings. The van der Waals surface area contributed by atoms with E-state index in [2.05, 4.69) is 15.2 Å². The molecule has 1 aromatic carbocycles. The molecule has 0 saturated carbocycles. The number of H-pyrrole nitrogens is 1. The largest absolute Gasteiger partial charge is 0.438 e. The molecule has 4 rings (SSSR count). The summed E-state index contributed by atoms with van der Waals surface area (Å²) in [6.45, 7) is 0.646. The van der Waals surface area contributed by atoms with Crippen LogP contribution in [0.2, 0.25) is 5.02 Å². The minimum absolute atomic E-state index is 0.00643. The van der Waals surface area contributed by atoms with Gasteiger partial charge in [0.15, 0.2) is 0 Å². The van der Waals surface area contributed by atoms with Gasteiger partial charge < -0.3 is 9.64 Å². The van der Waals surface area contributed by atoms with E-state index < -0.39 is 34.8 Å². The van der Waals surface area contributed by atoms with Crippen molar-refractivity contribution in [1.82, 2.24) is 19.7 Å². The Kier molecular flexibility index (Phi) is 5.31. The summed E-state index contributed by atoms with van der Waals surface area (Å²) in [6.07, 6.45) is -7.47. The fourth-order valence-electron chi connectivity index (χ4n) is 3.24. The van der Waals surface area contributed by atoms with Crippen molar-refractivity contribution in [3.05, 3.63) is 62.9 Å². The zero-order chi connectivity index (χ0) is 23.3. The van der Waals surface area contributed by atoms with Crippen molar-refractivity contribution in [2.45, 2.75) is 25.4 Å². The Labute approximate surface area is 180 Å². The van der Waals surface area contributed by atoms with Crippen LogP contribution < -0.4 is 15.2 Å². The maximum absolute atomic E-state index is 13.4. The number of nitrogens with one attached hydrogen (secondary N) is 1. The first-order valence-corrected chi connectivity index (χ1v) is 9.32. The average Bonchev–Trinajstić information content (AvgIpc) is 3.10. The normalized spacial score (nSPS) is 14.4. The van der Waals surface area contributed by atoms with Crippen LogP contribution in [0.3, 0.4) is 0 Å². The summed E-state index contributed by atoms with van der Waals surface area (Å²) in [6, 6.07) is 1.15. The van der Waals surface area contributed by atoms with E-state index in [1.165, 1.54) is 17.0 Å². The van der Waals surface area contributed by atoms with Crippen LogP contribution in [-0.2, 0) is 25.4 Å². The van der Waals surface area contributed by atoms with Crippen molar-refractivity contribution >= 4 is 17.3 Å². The van der Waals surface area contributed by atoms with Crippen LogP contribution in [0.5, 0.6) is 11.6 Å². The molecule has 1 aliphatic rings. The van der Waals surface area contributed by atoms with Crippen molar-refractivity contribution in [2.75, 3.05) is 11.4 Å². The van der Waals surface area contributed by atoms with E-state index in [1.807, 2.05) is 0 Å². The van der Waals surface area contributed by atoms with Gasteiger partial charge in [0.2, 0.25) is 5.88 Å². The van der Waals surface area contributed by atoms with Crippen LogP contribution in [0.25, 0.3) is 0 Å². The summed E-state index contributed by atoms with van der Waals surface area (Å²) in [5.74, 6) is -0.458. The molecule has 2 aromatic heterocycles. The molecule has 7 nitrogen and oxygen atoms in total. The minimum atomic E-state index is -5.07. The summed E-state index contributed by atoms with van der Waals surface area (Å²) < 4.78 is 85.5. The van der Waals surface area contributed by atoms with Gasteiger partial charge in [0.05, 0.1) is 35.8 Å². The van der Waals surface area contributed by atoms with Gasteiger partial charge in [-0.25, -0.2) is 10.1 Å². The molecule has 0 bridgehead atoms. The predicted octanol–water partition coefficient (Wildman–Crippen LogP) is 4.47. The highest BCUT2D eigenvalue weighted by Crippen LogP contribution is 2.42. The van der Waals surface area contributed by atoms with E-state index in [4.69, 9.17) is 16.3 Å². The highest BCUT2D eigenvalue weighted by atomic mass is 35.5. The number of aromatic amines is 1. The van der Waals surface area contributed by atoms with E-state index >= 15 is 0 Å². The Balaban J connectivity index is 1.63. The number of hydrogen-bond donors (Lipinski definition) is 1. The van der Waals surface area contributed by atoms with E-state index in [-0.39, 0.29) is 30.1 Å². The molecule has 0 amide bonds. The quantitative estimate of drug-likeness (QED) is 0.561. The Hall–Kier alpha value is -3.22. The summed E-state index contributed by atoms with van der Waals surface area (Å²) in [7, 11) is 0. The van der Waals surface area contributed by atoms with Gasteiger partial charge in [0, 0.05) is 13.1 Å². The van der Waals surface area contributed by atoms with Crippen LogP contribution in [0.4, 0.5) is 32.0 Å². The Morgan fingerprint density at radius 1 is 1.06 bits per heavy atom. The van der Waals surface area contributed by atoms with Crippen LogP contribution in [0.1, 0.15) is 17.0 Å². The van der Waals surface area contributed by atoms with Crippen molar-refractivity contribution in [1.29, 1.82) is 0 Å². The SMILES string of the molecule is O=c1[nH]ncc(N2CCn3c(Oc4ccc(C(F)(F)F)cc4C(F)(F)F)cnc3C2)c1Cl. The third-order valence-corrected chi connectivity index (χ3v) is 5.14. The zero-order valence-electron chi connectivity index (χ0n) is 15.8.